The van der Waals surface area contributed by atoms with Crippen LogP contribution in [0.4, 0.5) is 0 Å². The number of fused-ring (bicyclic) bond motifs is 1. The number of morpholine rings is 1. The molecule has 2 aromatic rings. The number of nitrogens with zero attached hydrogens (tertiary/aromatic N) is 2. The van der Waals surface area contributed by atoms with Gasteiger partial charge < -0.3 is 15.0 Å². The van der Waals surface area contributed by atoms with Crippen molar-refractivity contribution in [2.75, 3.05) is 32.8 Å². The van der Waals surface area contributed by atoms with E-state index in [4.69, 9.17) is 4.74 Å². The van der Waals surface area contributed by atoms with Gasteiger partial charge in [0.25, 0.3) is 5.56 Å². The molecular weight excluding hydrogens is 364 g/mol. The second kappa shape index (κ2) is 8.08. The van der Waals surface area contributed by atoms with E-state index in [0.717, 1.165) is 41.6 Å². The molecule has 0 aromatic carbocycles. The number of aryl methyl sites for hydroxylation is 3. The molecule has 3 rings (SSSR count). The highest BCUT2D eigenvalue weighted by atomic mass is 32.1. The number of rotatable bonds is 6. The molecule has 27 heavy (non-hydrogen) atoms. The lowest BCUT2D eigenvalue weighted by atomic mass is 10.0. The van der Waals surface area contributed by atoms with Crippen LogP contribution in [0.25, 0.3) is 10.2 Å². The highest BCUT2D eigenvalue weighted by Crippen LogP contribution is 2.25. The zero-order valence-electron chi connectivity index (χ0n) is 16.5. The summed E-state index contributed by atoms with van der Waals surface area (Å²) in [6, 6.07) is 0. The van der Waals surface area contributed by atoms with Crippen molar-refractivity contribution in [1.82, 2.24) is 20.2 Å². The van der Waals surface area contributed by atoms with Crippen LogP contribution in [-0.2, 0) is 16.0 Å². The number of nitrogens with one attached hydrogen (secondary N) is 2. The van der Waals surface area contributed by atoms with Crippen molar-refractivity contribution in [2.24, 2.45) is 0 Å². The van der Waals surface area contributed by atoms with Gasteiger partial charge in [0, 0.05) is 42.9 Å². The van der Waals surface area contributed by atoms with Gasteiger partial charge in [-0.1, -0.05) is 0 Å². The topological polar surface area (TPSA) is 87.3 Å². The SMILES string of the molecule is Cc1sc2nc(CCC(=O)NCC(C)(C)N3CCOCC3)[nH]c(=O)c2c1C. The molecule has 0 saturated carbocycles. The molecule has 0 aliphatic carbocycles. The lowest BCUT2D eigenvalue weighted by Crippen LogP contribution is -2.55. The third-order valence-corrected chi connectivity index (χ3v) is 6.36. The molecule has 0 radical (unpaired) electrons. The van der Waals surface area contributed by atoms with Crippen LogP contribution in [0.1, 0.15) is 36.5 Å². The van der Waals surface area contributed by atoms with Crippen LogP contribution in [0.5, 0.6) is 0 Å². The first-order valence-corrected chi connectivity index (χ1v) is 10.2. The quantitative estimate of drug-likeness (QED) is 0.782. The second-order valence-electron chi connectivity index (χ2n) is 7.66. The predicted octanol–water partition coefficient (Wildman–Crippen LogP) is 1.76. The number of hydrogen-bond acceptors (Lipinski definition) is 6. The Morgan fingerprint density at radius 2 is 2.04 bits per heavy atom. The summed E-state index contributed by atoms with van der Waals surface area (Å²) >= 11 is 1.52. The molecular formula is C19H28N4O3S. The molecule has 1 amide bonds. The Kier molecular flexibility index (Phi) is 5.98. The van der Waals surface area contributed by atoms with Crippen LogP contribution in [0, 0.1) is 13.8 Å². The largest absolute Gasteiger partial charge is 0.379 e. The van der Waals surface area contributed by atoms with E-state index in [1.54, 1.807) is 0 Å². The summed E-state index contributed by atoms with van der Waals surface area (Å²) in [5.74, 6) is 0.536. The molecule has 7 nitrogen and oxygen atoms in total. The fraction of sp³-hybridized carbons (Fsp3) is 0.632. The van der Waals surface area contributed by atoms with Crippen molar-refractivity contribution in [3.05, 3.63) is 26.6 Å². The van der Waals surface area contributed by atoms with E-state index in [1.165, 1.54) is 11.3 Å². The molecule has 3 heterocycles. The van der Waals surface area contributed by atoms with Crippen molar-refractivity contribution in [2.45, 2.75) is 46.1 Å². The van der Waals surface area contributed by atoms with Gasteiger partial charge in [0.1, 0.15) is 10.7 Å². The Labute approximate surface area is 163 Å². The van der Waals surface area contributed by atoms with Gasteiger partial charge in [-0.25, -0.2) is 4.98 Å². The summed E-state index contributed by atoms with van der Waals surface area (Å²) in [6.07, 6.45) is 0.724. The Hall–Kier alpha value is -1.77. The number of amides is 1. The van der Waals surface area contributed by atoms with E-state index < -0.39 is 0 Å². The first-order chi connectivity index (χ1) is 12.8. The molecule has 0 atom stereocenters. The fourth-order valence-corrected chi connectivity index (χ4v) is 4.38. The number of carbonyl (C=O) groups excluding carboxylic acids is 1. The molecule has 1 fully saturated rings. The van der Waals surface area contributed by atoms with Gasteiger partial charge in [-0.15, -0.1) is 11.3 Å². The Bertz CT molecular complexity index is 881. The van der Waals surface area contributed by atoms with Crippen molar-refractivity contribution >= 4 is 27.5 Å². The predicted molar refractivity (Wildman–Crippen MR) is 108 cm³/mol. The third-order valence-electron chi connectivity index (χ3n) is 5.26. The van der Waals surface area contributed by atoms with Crippen molar-refractivity contribution in [1.29, 1.82) is 0 Å². The number of hydrogen-bond donors (Lipinski definition) is 2. The average Bonchev–Trinajstić information content (AvgIpc) is 2.93. The molecule has 1 aliphatic rings. The van der Waals surface area contributed by atoms with Crippen LogP contribution in [0.15, 0.2) is 4.79 Å². The smallest absolute Gasteiger partial charge is 0.259 e. The van der Waals surface area contributed by atoms with E-state index in [2.05, 4.69) is 34.0 Å². The highest BCUT2D eigenvalue weighted by molar-refractivity contribution is 7.18. The maximum atomic E-state index is 12.3. The van der Waals surface area contributed by atoms with Gasteiger partial charge in [-0.3, -0.25) is 14.5 Å². The molecule has 1 aliphatic heterocycles. The average molecular weight is 393 g/mol. The number of aromatic nitrogens is 2. The van der Waals surface area contributed by atoms with E-state index in [-0.39, 0.29) is 17.0 Å². The Morgan fingerprint density at radius 3 is 2.74 bits per heavy atom. The summed E-state index contributed by atoms with van der Waals surface area (Å²) in [6.45, 7) is 12.0. The van der Waals surface area contributed by atoms with E-state index in [1.807, 2.05) is 13.8 Å². The number of carbonyl (C=O) groups is 1. The van der Waals surface area contributed by atoms with Gasteiger partial charge in [0.15, 0.2) is 0 Å². The van der Waals surface area contributed by atoms with Crippen molar-refractivity contribution in [3.63, 3.8) is 0 Å². The minimum Gasteiger partial charge on any atom is -0.379 e. The summed E-state index contributed by atoms with van der Waals surface area (Å²) in [7, 11) is 0. The molecule has 2 aromatic heterocycles. The molecule has 0 bridgehead atoms. The summed E-state index contributed by atoms with van der Waals surface area (Å²) in [4.78, 5) is 36.1. The van der Waals surface area contributed by atoms with Crippen LogP contribution in [-0.4, -0.2) is 59.2 Å². The van der Waals surface area contributed by atoms with E-state index >= 15 is 0 Å². The zero-order valence-corrected chi connectivity index (χ0v) is 17.3. The Morgan fingerprint density at radius 1 is 1.33 bits per heavy atom. The molecule has 0 spiro atoms. The fourth-order valence-electron chi connectivity index (χ4n) is 3.33. The van der Waals surface area contributed by atoms with Crippen LogP contribution in [0.2, 0.25) is 0 Å². The summed E-state index contributed by atoms with van der Waals surface area (Å²) in [5.41, 5.74) is 0.751. The van der Waals surface area contributed by atoms with Crippen LogP contribution < -0.4 is 10.9 Å². The number of aromatic amines is 1. The summed E-state index contributed by atoms with van der Waals surface area (Å²) < 4.78 is 5.39. The Balaban J connectivity index is 1.56. The second-order valence-corrected chi connectivity index (χ2v) is 8.87. The standard InChI is InChI=1S/C19H28N4O3S/c1-12-13(2)27-18-16(12)17(25)21-14(22-18)5-6-15(24)20-11-19(3,4)23-7-9-26-10-8-23/h5-11H2,1-4H3,(H,20,24)(H,21,22,25). The maximum absolute atomic E-state index is 12.3. The van der Waals surface area contributed by atoms with E-state index in [9.17, 15) is 9.59 Å². The number of ether oxygens (including phenoxy) is 1. The maximum Gasteiger partial charge on any atom is 0.259 e. The van der Waals surface area contributed by atoms with E-state index in [0.29, 0.717) is 30.6 Å². The lowest BCUT2D eigenvalue weighted by Gasteiger charge is -2.40. The van der Waals surface area contributed by atoms with Crippen molar-refractivity contribution < 1.29 is 9.53 Å². The van der Waals surface area contributed by atoms with Gasteiger partial charge in [0.2, 0.25) is 5.91 Å². The van der Waals surface area contributed by atoms with Crippen LogP contribution in [0.3, 0.4) is 0 Å². The minimum atomic E-state index is -0.120. The summed E-state index contributed by atoms with van der Waals surface area (Å²) in [5, 5.41) is 3.68. The normalized spacial score (nSPS) is 16.0. The van der Waals surface area contributed by atoms with Gasteiger partial charge in [0.05, 0.1) is 18.6 Å². The number of thiophene rings is 1. The van der Waals surface area contributed by atoms with Gasteiger partial charge in [-0.2, -0.15) is 0 Å². The number of H-pyrrole nitrogens is 1. The third kappa shape index (κ3) is 4.56. The molecule has 0 unspecified atom stereocenters. The highest BCUT2D eigenvalue weighted by Gasteiger charge is 2.28. The van der Waals surface area contributed by atoms with Crippen molar-refractivity contribution in [3.8, 4) is 0 Å². The monoisotopic (exact) mass is 392 g/mol. The zero-order chi connectivity index (χ0) is 19.6. The molecule has 2 N–H and O–H groups in total. The molecule has 1 saturated heterocycles. The van der Waals surface area contributed by atoms with Gasteiger partial charge >= 0.3 is 0 Å². The minimum absolute atomic E-state index is 0.0300. The van der Waals surface area contributed by atoms with Crippen LogP contribution >= 0.6 is 11.3 Å². The molecule has 148 valence electrons. The molecule has 8 heteroatoms. The lowest BCUT2D eigenvalue weighted by molar-refractivity contribution is -0.121. The first kappa shape index (κ1) is 20.0. The first-order valence-electron chi connectivity index (χ1n) is 9.36. The van der Waals surface area contributed by atoms with Gasteiger partial charge in [-0.05, 0) is 33.3 Å².